The van der Waals surface area contributed by atoms with Crippen molar-refractivity contribution >= 4 is 23.5 Å². The normalized spacial score (nSPS) is 25.9. The molecule has 5 rings (SSSR count). The van der Waals surface area contributed by atoms with Gasteiger partial charge in [0.2, 0.25) is 5.91 Å². The Hall–Kier alpha value is -3.91. The molecule has 0 saturated carbocycles. The van der Waals surface area contributed by atoms with Crippen LogP contribution in [0.15, 0.2) is 72.3 Å². The molecular formula is C30H33NO7. The van der Waals surface area contributed by atoms with Crippen molar-refractivity contribution < 1.29 is 33.7 Å². The molecule has 2 heterocycles. The number of para-hydroxylation sites is 1. The third-order valence-corrected chi connectivity index (χ3v) is 7.08. The molecule has 38 heavy (non-hydrogen) atoms. The van der Waals surface area contributed by atoms with E-state index in [1.807, 2.05) is 0 Å². The lowest BCUT2D eigenvalue weighted by molar-refractivity contribution is -0.140. The highest BCUT2D eigenvalue weighted by Gasteiger charge is 2.61. The van der Waals surface area contributed by atoms with Gasteiger partial charge < -0.3 is 24.6 Å². The van der Waals surface area contributed by atoms with Crippen LogP contribution < -0.4 is 10.1 Å². The van der Waals surface area contributed by atoms with Crippen molar-refractivity contribution in [3.8, 4) is 11.5 Å². The van der Waals surface area contributed by atoms with Crippen molar-refractivity contribution in [2.75, 3.05) is 5.32 Å². The number of ether oxygens (including phenoxy) is 3. The first-order valence-electron chi connectivity index (χ1n) is 12.7. The number of benzene rings is 2. The predicted octanol–water partition coefficient (Wildman–Crippen LogP) is 5.33. The summed E-state index contributed by atoms with van der Waals surface area (Å²) in [4.78, 5) is 34.4. The van der Waals surface area contributed by atoms with Crippen LogP contribution in [0, 0.1) is 5.92 Å². The minimum atomic E-state index is -0.643. The number of anilines is 1. The van der Waals surface area contributed by atoms with Crippen molar-refractivity contribution in [2.24, 2.45) is 5.92 Å². The van der Waals surface area contributed by atoms with E-state index < -0.39 is 5.97 Å². The molecule has 2 aliphatic heterocycles. The quantitative estimate of drug-likeness (QED) is 0.185. The van der Waals surface area contributed by atoms with Crippen LogP contribution in [-0.4, -0.2) is 40.8 Å². The first-order chi connectivity index (χ1) is 18.1. The van der Waals surface area contributed by atoms with Crippen molar-refractivity contribution in [3.05, 3.63) is 77.9 Å². The number of esters is 2. The van der Waals surface area contributed by atoms with E-state index in [4.69, 9.17) is 14.2 Å². The third-order valence-electron chi connectivity index (χ3n) is 7.08. The molecule has 2 fully saturated rings. The van der Waals surface area contributed by atoms with Crippen LogP contribution in [-0.2, 0) is 19.1 Å². The Morgan fingerprint density at radius 2 is 1.87 bits per heavy atom. The number of rotatable bonds is 3. The van der Waals surface area contributed by atoms with E-state index in [2.05, 4.69) is 31.8 Å². The number of hydrogen-bond acceptors (Lipinski definition) is 7. The van der Waals surface area contributed by atoms with Crippen LogP contribution in [0.4, 0.5) is 5.69 Å². The Balaban J connectivity index is 0.000000178. The summed E-state index contributed by atoms with van der Waals surface area (Å²) in [6, 6.07) is 12.5. The van der Waals surface area contributed by atoms with E-state index >= 15 is 0 Å². The number of phenolic OH excluding ortho intramolecular Hbond substituents is 1. The van der Waals surface area contributed by atoms with Crippen LogP contribution in [0.3, 0.4) is 0 Å². The second-order valence-corrected chi connectivity index (χ2v) is 10.1. The Labute approximate surface area is 222 Å². The van der Waals surface area contributed by atoms with Gasteiger partial charge in [0.05, 0.1) is 5.60 Å². The average molecular weight is 520 g/mol. The highest BCUT2D eigenvalue weighted by Crippen LogP contribution is 2.49. The van der Waals surface area contributed by atoms with Crippen LogP contribution in [0.5, 0.6) is 11.5 Å². The Bertz CT molecular complexity index is 1270. The summed E-state index contributed by atoms with van der Waals surface area (Å²) < 4.78 is 16.4. The average Bonchev–Trinajstić information content (AvgIpc) is 3.46. The summed E-state index contributed by atoms with van der Waals surface area (Å²) in [6.07, 6.45) is 6.25. The molecule has 0 bridgehead atoms. The highest BCUT2D eigenvalue weighted by molar-refractivity contribution is 5.94. The number of hydrogen-bond donors (Lipinski definition) is 2. The third kappa shape index (κ3) is 6.31. The molecule has 2 saturated heterocycles. The lowest BCUT2D eigenvalue weighted by Gasteiger charge is -2.19. The highest BCUT2D eigenvalue weighted by atomic mass is 16.6. The van der Waals surface area contributed by atoms with Gasteiger partial charge >= 0.3 is 11.9 Å². The van der Waals surface area contributed by atoms with Crippen molar-refractivity contribution in [2.45, 2.75) is 64.3 Å². The van der Waals surface area contributed by atoms with Gasteiger partial charge in [0.1, 0.15) is 29.3 Å². The van der Waals surface area contributed by atoms with Gasteiger partial charge in [0, 0.05) is 24.1 Å². The van der Waals surface area contributed by atoms with Crippen LogP contribution in [0.1, 0.15) is 56.8 Å². The Kier molecular flexibility index (Phi) is 8.02. The van der Waals surface area contributed by atoms with Gasteiger partial charge in [-0.1, -0.05) is 30.4 Å². The van der Waals surface area contributed by atoms with E-state index in [0.717, 1.165) is 25.7 Å². The topological polar surface area (TPSA) is 114 Å². The molecule has 2 aromatic rings. The molecule has 1 aliphatic carbocycles. The SMILES string of the molecule is C=C1C(=O)OC2C1CCC(C)=CCCC1(C)OC21.CC(=O)Nc1ccc(OC(=O)c2ccccc2O)cc1. The van der Waals surface area contributed by atoms with E-state index in [-0.39, 0.29) is 46.9 Å². The number of nitrogens with one attached hydrogen (secondary N) is 1. The van der Waals surface area contributed by atoms with Gasteiger partial charge in [0.25, 0.3) is 0 Å². The molecule has 0 radical (unpaired) electrons. The molecule has 200 valence electrons. The maximum absolute atomic E-state index is 11.8. The molecule has 0 spiro atoms. The molecule has 8 nitrogen and oxygen atoms in total. The molecule has 0 aromatic heterocycles. The van der Waals surface area contributed by atoms with Crippen LogP contribution >= 0.6 is 0 Å². The zero-order valence-electron chi connectivity index (χ0n) is 21.9. The maximum atomic E-state index is 11.8. The molecule has 4 unspecified atom stereocenters. The van der Waals surface area contributed by atoms with E-state index in [1.165, 1.54) is 24.6 Å². The fourth-order valence-electron chi connectivity index (χ4n) is 4.82. The molecular weight excluding hydrogens is 486 g/mol. The molecule has 4 atom stereocenters. The molecule has 2 N–H and O–H groups in total. The second kappa shape index (κ2) is 11.2. The van der Waals surface area contributed by atoms with E-state index in [0.29, 0.717) is 17.0 Å². The monoisotopic (exact) mass is 519 g/mol. The lowest BCUT2D eigenvalue weighted by atomic mass is 9.84. The number of allylic oxidation sites excluding steroid dienone is 2. The predicted molar refractivity (Wildman–Crippen MR) is 142 cm³/mol. The standard InChI is InChI=1S/C15H13NO4.C15H20O3/c1-10(17)16-11-6-8-12(9-7-11)20-15(19)13-4-2-3-5-14(13)18;1-9-5-4-8-15(3)13(18-15)12-11(7-6-9)10(2)14(16)17-12/h2-9,18H,1H3,(H,16,17);5,11-13H,2,4,6-8H2,1,3H3. The molecule has 1 amide bonds. The number of carbonyl (C=O) groups excluding carboxylic acids is 3. The largest absolute Gasteiger partial charge is 0.507 e. The van der Waals surface area contributed by atoms with Gasteiger partial charge in [-0.25, -0.2) is 9.59 Å². The number of amides is 1. The minimum Gasteiger partial charge on any atom is -0.507 e. The number of epoxide rings is 1. The van der Waals surface area contributed by atoms with Gasteiger partial charge in [-0.3, -0.25) is 4.79 Å². The van der Waals surface area contributed by atoms with Gasteiger partial charge in [-0.05, 0) is 75.9 Å². The minimum absolute atomic E-state index is 0.0671. The second-order valence-electron chi connectivity index (χ2n) is 10.1. The first-order valence-corrected chi connectivity index (χ1v) is 12.7. The summed E-state index contributed by atoms with van der Waals surface area (Å²) in [5.74, 6) is -0.728. The van der Waals surface area contributed by atoms with Crippen molar-refractivity contribution in [1.29, 1.82) is 0 Å². The number of carbonyl (C=O) groups is 3. The summed E-state index contributed by atoms with van der Waals surface area (Å²) in [5.41, 5.74) is 2.62. The fraction of sp³-hybridized carbons (Fsp3) is 0.367. The number of phenols is 1. The Morgan fingerprint density at radius 3 is 2.55 bits per heavy atom. The summed E-state index contributed by atoms with van der Waals surface area (Å²) in [5, 5.41) is 12.2. The summed E-state index contributed by atoms with van der Waals surface area (Å²) >= 11 is 0. The van der Waals surface area contributed by atoms with Gasteiger partial charge in [-0.2, -0.15) is 0 Å². The van der Waals surface area contributed by atoms with Crippen LogP contribution in [0.25, 0.3) is 0 Å². The summed E-state index contributed by atoms with van der Waals surface area (Å²) in [7, 11) is 0. The number of aromatic hydroxyl groups is 1. The smallest absolute Gasteiger partial charge is 0.347 e. The van der Waals surface area contributed by atoms with Gasteiger partial charge in [0.15, 0.2) is 0 Å². The summed E-state index contributed by atoms with van der Waals surface area (Å²) in [6.45, 7) is 9.58. The number of fused-ring (bicyclic) bond motifs is 3. The van der Waals surface area contributed by atoms with Crippen molar-refractivity contribution in [3.63, 3.8) is 0 Å². The zero-order chi connectivity index (χ0) is 27.4. The van der Waals surface area contributed by atoms with Gasteiger partial charge in [-0.15, -0.1) is 0 Å². The van der Waals surface area contributed by atoms with Crippen LogP contribution in [0.2, 0.25) is 0 Å². The van der Waals surface area contributed by atoms with E-state index in [1.54, 1.807) is 36.4 Å². The molecule has 8 heteroatoms. The van der Waals surface area contributed by atoms with Crippen molar-refractivity contribution in [1.82, 2.24) is 0 Å². The Morgan fingerprint density at radius 1 is 1.16 bits per heavy atom. The van der Waals surface area contributed by atoms with E-state index in [9.17, 15) is 19.5 Å². The maximum Gasteiger partial charge on any atom is 0.347 e. The zero-order valence-corrected chi connectivity index (χ0v) is 21.9. The lowest BCUT2D eigenvalue weighted by Crippen LogP contribution is -2.28. The first kappa shape index (κ1) is 27.1. The fourth-order valence-corrected chi connectivity index (χ4v) is 4.82. The molecule has 2 aromatic carbocycles. The molecule has 3 aliphatic rings.